The van der Waals surface area contributed by atoms with E-state index in [2.05, 4.69) is 0 Å². The van der Waals surface area contributed by atoms with E-state index in [0.717, 1.165) is 17.4 Å². The van der Waals surface area contributed by atoms with Gasteiger partial charge < -0.3 is 14.2 Å². The summed E-state index contributed by atoms with van der Waals surface area (Å²) in [6.45, 7) is 2.01. The number of hydrogen-bond acceptors (Lipinski definition) is 4. The molecule has 21 heavy (non-hydrogen) atoms. The van der Waals surface area contributed by atoms with Crippen LogP contribution >= 0.6 is 0 Å². The van der Waals surface area contributed by atoms with Crippen molar-refractivity contribution in [2.24, 2.45) is 0 Å². The third-order valence-corrected chi connectivity index (χ3v) is 3.33. The van der Waals surface area contributed by atoms with Crippen molar-refractivity contribution in [3.05, 3.63) is 41.5 Å². The number of methoxy groups -OCH3 is 3. The lowest BCUT2D eigenvalue weighted by molar-refractivity contribution is 0.112. The lowest BCUT2D eigenvalue weighted by atomic mass is 9.97. The monoisotopic (exact) mass is 286 g/mol. The number of benzene rings is 2. The second kappa shape index (κ2) is 6.31. The van der Waals surface area contributed by atoms with Crippen molar-refractivity contribution in [1.82, 2.24) is 0 Å². The Bertz CT molecular complexity index is 645. The van der Waals surface area contributed by atoms with Crippen LogP contribution in [0.2, 0.25) is 0 Å². The van der Waals surface area contributed by atoms with Crippen LogP contribution in [0.3, 0.4) is 0 Å². The second-order valence-corrected chi connectivity index (χ2v) is 4.59. The minimum Gasteiger partial charge on any atom is -0.493 e. The number of hydrogen-bond donors (Lipinski definition) is 0. The molecular formula is C17H18O4. The fourth-order valence-electron chi connectivity index (χ4n) is 2.29. The first-order valence-electron chi connectivity index (χ1n) is 6.51. The standard InChI is InChI=1S/C17H18O4/c1-11-5-7-12(8-6-11)15-13(10-18)9-14(19-2)16(20-3)17(15)21-4/h5-10H,1-4H3. The molecule has 0 aromatic heterocycles. The van der Waals surface area contributed by atoms with Crippen molar-refractivity contribution in [2.75, 3.05) is 21.3 Å². The Morgan fingerprint density at radius 3 is 2.00 bits per heavy atom. The summed E-state index contributed by atoms with van der Waals surface area (Å²) >= 11 is 0. The van der Waals surface area contributed by atoms with Gasteiger partial charge in [0, 0.05) is 11.1 Å². The number of ether oxygens (including phenoxy) is 3. The first-order valence-corrected chi connectivity index (χ1v) is 6.51. The van der Waals surface area contributed by atoms with Crippen LogP contribution in [0, 0.1) is 6.92 Å². The highest BCUT2D eigenvalue weighted by molar-refractivity contribution is 5.93. The molecule has 2 aromatic carbocycles. The largest absolute Gasteiger partial charge is 0.493 e. The molecule has 0 fully saturated rings. The van der Waals surface area contributed by atoms with Crippen LogP contribution in [0.1, 0.15) is 15.9 Å². The molecule has 0 saturated heterocycles. The lowest BCUT2D eigenvalue weighted by Gasteiger charge is -2.18. The van der Waals surface area contributed by atoms with Crippen LogP contribution in [0.15, 0.2) is 30.3 Å². The Kier molecular flexibility index (Phi) is 4.48. The van der Waals surface area contributed by atoms with E-state index in [1.165, 1.54) is 7.11 Å². The summed E-state index contributed by atoms with van der Waals surface area (Å²) in [5.74, 6) is 1.43. The first-order chi connectivity index (χ1) is 10.2. The molecule has 0 spiro atoms. The predicted octanol–water partition coefficient (Wildman–Crippen LogP) is 3.50. The van der Waals surface area contributed by atoms with Gasteiger partial charge in [0.25, 0.3) is 0 Å². The molecule has 4 heteroatoms. The zero-order valence-corrected chi connectivity index (χ0v) is 12.6. The van der Waals surface area contributed by atoms with Crippen LogP contribution in [0.5, 0.6) is 17.2 Å². The molecule has 4 nitrogen and oxygen atoms in total. The maximum Gasteiger partial charge on any atom is 0.203 e. The van der Waals surface area contributed by atoms with Gasteiger partial charge in [0.1, 0.15) is 0 Å². The number of rotatable bonds is 5. The number of carbonyl (C=O) groups is 1. The topological polar surface area (TPSA) is 44.8 Å². The van der Waals surface area contributed by atoms with Gasteiger partial charge in [-0.25, -0.2) is 0 Å². The number of aldehydes is 1. The third kappa shape index (κ3) is 2.70. The molecular weight excluding hydrogens is 268 g/mol. The SMILES string of the molecule is COc1cc(C=O)c(-c2ccc(C)cc2)c(OC)c1OC. The minimum atomic E-state index is 0.465. The highest BCUT2D eigenvalue weighted by Crippen LogP contribution is 2.46. The zero-order valence-electron chi connectivity index (χ0n) is 12.6. The fourth-order valence-corrected chi connectivity index (χ4v) is 2.29. The van der Waals surface area contributed by atoms with Gasteiger partial charge in [0.05, 0.1) is 21.3 Å². The van der Waals surface area contributed by atoms with Gasteiger partial charge in [0.15, 0.2) is 17.8 Å². The van der Waals surface area contributed by atoms with E-state index in [1.807, 2.05) is 31.2 Å². The van der Waals surface area contributed by atoms with E-state index in [9.17, 15) is 4.79 Å². The summed E-state index contributed by atoms with van der Waals surface area (Å²) in [7, 11) is 4.61. The quantitative estimate of drug-likeness (QED) is 0.789. The molecule has 0 bridgehead atoms. The molecule has 0 amide bonds. The van der Waals surface area contributed by atoms with E-state index in [0.29, 0.717) is 28.4 Å². The molecule has 0 aliphatic carbocycles. The third-order valence-electron chi connectivity index (χ3n) is 3.33. The molecule has 0 aliphatic rings. The van der Waals surface area contributed by atoms with Gasteiger partial charge in [-0.1, -0.05) is 29.8 Å². The molecule has 0 radical (unpaired) electrons. The number of aryl methyl sites for hydroxylation is 1. The Labute approximate surface area is 124 Å². The van der Waals surface area contributed by atoms with Gasteiger partial charge in [-0.3, -0.25) is 4.79 Å². The van der Waals surface area contributed by atoms with Gasteiger partial charge in [-0.15, -0.1) is 0 Å². The lowest BCUT2D eigenvalue weighted by Crippen LogP contribution is -2.00. The van der Waals surface area contributed by atoms with E-state index in [1.54, 1.807) is 20.3 Å². The molecule has 0 aliphatic heterocycles. The van der Waals surface area contributed by atoms with Gasteiger partial charge >= 0.3 is 0 Å². The molecule has 0 unspecified atom stereocenters. The minimum absolute atomic E-state index is 0.465. The van der Waals surface area contributed by atoms with Gasteiger partial charge in [-0.05, 0) is 18.6 Å². The van der Waals surface area contributed by atoms with Crippen molar-refractivity contribution < 1.29 is 19.0 Å². The van der Waals surface area contributed by atoms with Crippen LogP contribution in [-0.4, -0.2) is 27.6 Å². The maximum absolute atomic E-state index is 11.5. The average molecular weight is 286 g/mol. The van der Waals surface area contributed by atoms with Crippen molar-refractivity contribution in [3.8, 4) is 28.4 Å². The molecule has 0 atom stereocenters. The van der Waals surface area contributed by atoms with E-state index in [-0.39, 0.29) is 0 Å². The molecule has 110 valence electrons. The van der Waals surface area contributed by atoms with Crippen molar-refractivity contribution in [1.29, 1.82) is 0 Å². The Morgan fingerprint density at radius 2 is 1.52 bits per heavy atom. The molecule has 2 rings (SSSR count). The smallest absolute Gasteiger partial charge is 0.203 e. The summed E-state index contributed by atoms with van der Waals surface area (Å²) in [6.07, 6.45) is 0.791. The van der Waals surface area contributed by atoms with E-state index < -0.39 is 0 Å². The molecule has 0 N–H and O–H groups in total. The summed E-state index contributed by atoms with van der Waals surface area (Å²) in [5.41, 5.74) is 3.23. The highest BCUT2D eigenvalue weighted by Gasteiger charge is 2.21. The summed E-state index contributed by atoms with van der Waals surface area (Å²) in [4.78, 5) is 11.5. The summed E-state index contributed by atoms with van der Waals surface area (Å²) < 4.78 is 16.1. The summed E-state index contributed by atoms with van der Waals surface area (Å²) in [5, 5.41) is 0. The Hall–Kier alpha value is -2.49. The van der Waals surface area contributed by atoms with Crippen LogP contribution in [-0.2, 0) is 0 Å². The number of carbonyl (C=O) groups excluding carboxylic acids is 1. The van der Waals surface area contributed by atoms with Crippen LogP contribution in [0.25, 0.3) is 11.1 Å². The van der Waals surface area contributed by atoms with Crippen LogP contribution in [0.4, 0.5) is 0 Å². The van der Waals surface area contributed by atoms with Crippen molar-refractivity contribution >= 4 is 6.29 Å². The second-order valence-electron chi connectivity index (χ2n) is 4.59. The summed E-state index contributed by atoms with van der Waals surface area (Å²) in [6, 6.07) is 9.53. The zero-order chi connectivity index (χ0) is 15.4. The molecule has 0 saturated carbocycles. The molecule has 0 heterocycles. The van der Waals surface area contributed by atoms with E-state index in [4.69, 9.17) is 14.2 Å². The normalized spacial score (nSPS) is 10.1. The Balaban J connectivity index is 2.79. The van der Waals surface area contributed by atoms with Crippen molar-refractivity contribution in [2.45, 2.75) is 6.92 Å². The molecule has 2 aromatic rings. The predicted molar refractivity (Wildman–Crippen MR) is 81.7 cm³/mol. The maximum atomic E-state index is 11.5. The van der Waals surface area contributed by atoms with Gasteiger partial charge in [0.2, 0.25) is 5.75 Å². The van der Waals surface area contributed by atoms with E-state index >= 15 is 0 Å². The fraction of sp³-hybridized carbons (Fsp3) is 0.235. The first kappa shape index (κ1) is 14.9. The van der Waals surface area contributed by atoms with Crippen LogP contribution < -0.4 is 14.2 Å². The van der Waals surface area contributed by atoms with Gasteiger partial charge in [-0.2, -0.15) is 0 Å². The Morgan fingerprint density at radius 1 is 0.905 bits per heavy atom. The average Bonchev–Trinajstić information content (AvgIpc) is 2.53. The van der Waals surface area contributed by atoms with Crippen molar-refractivity contribution in [3.63, 3.8) is 0 Å². The highest BCUT2D eigenvalue weighted by atomic mass is 16.5.